The molecule has 1 N–H and O–H groups in total. The molecular formula is C24H16N2O2. The molecule has 0 aliphatic heterocycles. The van der Waals surface area contributed by atoms with E-state index in [1.54, 1.807) is 30.5 Å². The summed E-state index contributed by atoms with van der Waals surface area (Å²) in [5.41, 5.74) is 3.68. The van der Waals surface area contributed by atoms with Gasteiger partial charge < -0.3 is 9.52 Å². The van der Waals surface area contributed by atoms with Gasteiger partial charge in [0, 0.05) is 17.3 Å². The van der Waals surface area contributed by atoms with E-state index in [1.165, 1.54) is 0 Å². The minimum absolute atomic E-state index is 0.186. The van der Waals surface area contributed by atoms with Gasteiger partial charge in [0.15, 0.2) is 0 Å². The number of nitrogens with zero attached hydrogens (tertiary/aromatic N) is 2. The normalized spacial score (nSPS) is 10.8. The number of hydrogen-bond acceptors (Lipinski definition) is 4. The summed E-state index contributed by atoms with van der Waals surface area (Å²) in [7, 11) is 0. The summed E-state index contributed by atoms with van der Waals surface area (Å²) < 4.78 is 6.05. The lowest BCUT2D eigenvalue weighted by Crippen LogP contribution is -1.83. The zero-order chi connectivity index (χ0) is 19.3. The second-order valence-corrected chi connectivity index (χ2v) is 6.18. The maximum atomic E-state index is 9.84. The maximum Gasteiger partial charge on any atom is 0.238 e. The van der Waals surface area contributed by atoms with Gasteiger partial charge in [-0.1, -0.05) is 60.7 Å². The van der Waals surface area contributed by atoms with Gasteiger partial charge in [0.05, 0.1) is 0 Å². The Balaban J connectivity index is 1.87. The molecule has 0 radical (unpaired) electrons. The molecule has 0 aliphatic rings. The average Bonchev–Trinajstić information content (AvgIpc) is 3.13. The fourth-order valence-corrected chi connectivity index (χ4v) is 2.98. The predicted molar refractivity (Wildman–Crippen MR) is 110 cm³/mol. The molecule has 28 heavy (non-hydrogen) atoms. The first kappa shape index (κ1) is 17.3. The number of aliphatic imine (C=N–C) groups is 1. The third-order valence-corrected chi connectivity index (χ3v) is 4.32. The molecule has 0 aliphatic carbocycles. The van der Waals surface area contributed by atoms with E-state index in [0.717, 1.165) is 22.3 Å². The van der Waals surface area contributed by atoms with E-state index >= 15 is 0 Å². The van der Waals surface area contributed by atoms with Crippen LogP contribution >= 0.6 is 0 Å². The molecular weight excluding hydrogens is 348 g/mol. The van der Waals surface area contributed by atoms with Crippen molar-refractivity contribution in [3.63, 3.8) is 0 Å². The summed E-state index contributed by atoms with van der Waals surface area (Å²) in [5.74, 6) is 1.06. The van der Waals surface area contributed by atoms with Gasteiger partial charge >= 0.3 is 0 Å². The van der Waals surface area contributed by atoms with Crippen LogP contribution in [0.25, 0.3) is 22.5 Å². The maximum absolute atomic E-state index is 9.84. The van der Waals surface area contributed by atoms with E-state index in [9.17, 15) is 10.4 Å². The Morgan fingerprint density at radius 2 is 1.43 bits per heavy atom. The number of rotatable bonds is 4. The van der Waals surface area contributed by atoms with Crippen LogP contribution in [-0.2, 0) is 0 Å². The molecule has 134 valence electrons. The smallest absolute Gasteiger partial charge is 0.238 e. The summed E-state index contributed by atoms with van der Waals surface area (Å²) in [6.07, 6.45) is 1.61. The van der Waals surface area contributed by atoms with E-state index in [-0.39, 0.29) is 11.6 Å². The lowest BCUT2D eigenvalue weighted by atomic mass is 9.98. The number of furan rings is 1. The van der Waals surface area contributed by atoms with Crippen molar-refractivity contribution in [1.29, 1.82) is 5.26 Å². The van der Waals surface area contributed by atoms with Crippen molar-refractivity contribution in [2.24, 2.45) is 4.99 Å². The highest BCUT2D eigenvalue weighted by molar-refractivity contribution is 5.89. The molecule has 0 fully saturated rings. The van der Waals surface area contributed by atoms with Gasteiger partial charge in [0.25, 0.3) is 0 Å². The highest BCUT2D eigenvalue weighted by atomic mass is 16.4. The van der Waals surface area contributed by atoms with Crippen LogP contribution in [0.3, 0.4) is 0 Å². The highest BCUT2D eigenvalue weighted by Gasteiger charge is 2.22. The summed E-state index contributed by atoms with van der Waals surface area (Å²) in [6.45, 7) is 0. The second kappa shape index (κ2) is 7.65. The number of hydrogen-bond donors (Lipinski definition) is 1. The van der Waals surface area contributed by atoms with Crippen LogP contribution < -0.4 is 0 Å². The summed E-state index contributed by atoms with van der Waals surface area (Å²) in [5, 5.41) is 19.2. The highest BCUT2D eigenvalue weighted by Crippen LogP contribution is 2.42. The lowest BCUT2D eigenvalue weighted by molar-refractivity contribution is 0.475. The molecule has 3 aromatic carbocycles. The zero-order valence-corrected chi connectivity index (χ0v) is 14.9. The summed E-state index contributed by atoms with van der Waals surface area (Å²) in [4.78, 5) is 4.41. The Bertz CT molecular complexity index is 1150. The topological polar surface area (TPSA) is 69.5 Å². The first-order valence-electron chi connectivity index (χ1n) is 8.77. The van der Waals surface area contributed by atoms with Crippen LogP contribution in [0, 0.1) is 11.3 Å². The molecule has 4 rings (SSSR count). The number of phenols is 1. The average molecular weight is 364 g/mol. The molecule has 0 saturated heterocycles. The van der Waals surface area contributed by atoms with Crippen LogP contribution in [0.1, 0.15) is 11.1 Å². The van der Waals surface area contributed by atoms with Crippen molar-refractivity contribution >= 4 is 12.1 Å². The molecule has 4 heteroatoms. The van der Waals surface area contributed by atoms with Gasteiger partial charge in [-0.3, -0.25) is 0 Å². The van der Waals surface area contributed by atoms with Gasteiger partial charge in [0.2, 0.25) is 5.88 Å². The van der Waals surface area contributed by atoms with Gasteiger partial charge in [0.1, 0.15) is 23.1 Å². The molecule has 0 amide bonds. The molecule has 0 atom stereocenters. The number of phenolic OH excluding ortho intramolecular Hbond substituents is 1. The molecule has 1 heterocycles. The standard InChI is InChI=1S/C24H16N2O2/c25-15-21-22(18-7-3-1-4-8-18)23(19-9-5-2-6-10-19)28-24(21)26-16-17-11-13-20(27)14-12-17/h1-14,16,27H. The second-order valence-electron chi connectivity index (χ2n) is 6.18. The molecule has 0 unspecified atom stereocenters. The SMILES string of the molecule is N#Cc1c(N=Cc2ccc(O)cc2)oc(-c2ccccc2)c1-c1ccccc1. The predicted octanol–water partition coefficient (Wildman–Crippen LogP) is 5.94. The monoisotopic (exact) mass is 364 g/mol. The van der Waals surface area contributed by atoms with Crippen LogP contribution in [0.4, 0.5) is 5.88 Å². The molecule has 0 saturated carbocycles. The Labute approximate surface area is 162 Å². The van der Waals surface area contributed by atoms with Crippen LogP contribution in [0.15, 0.2) is 94.3 Å². The van der Waals surface area contributed by atoms with Crippen molar-refractivity contribution in [2.75, 3.05) is 0 Å². The quantitative estimate of drug-likeness (QED) is 0.455. The van der Waals surface area contributed by atoms with Gasteiger partial charge in [-0.25, -0.2) is 4.99 Å². The number of benzene rings is 3. The Kier molecular flexibility index (Phi) is 4.73. The van der Waals surface area contributed by atoms with E-state index in [1.807, 2.05) is 60.7 Å². The van der Waals surface area contributed by atoms with Crippen molar-refractivity contribution in [3.8, 4) is 34.3 Å². The van der Waals surface area contributed by atoms with E-state index in [0.29, 0.717) is 11.3 Å². The van der Waals surface area contributed by atoms with Crippen LogP contribution in [0.5, 0.6) is 5.75 Å². The van der Waals surface area contributed by atoms with E-state index < -0.39 is 0 Å². The van der Waals surface area contributed by atoms with Crippen molar-refractivity contribution in [3.05, 3.63) is 96.1 Å². The Hall–Kier alpha value is -4.10. The molecule has 4 nitrogen and oxygen atoms in total. The Morgan fingerprint density at radius 3 is 2.04 bits per heavy atom. The third kappa shape index (κ3) is 3.42. The fraction of sp³-hybridized carbons (Fsp3) is 0. The van der Waals surface area contributed by atoms with Crippen molar-refractivity contribution in [1.82, 2.24) is 0 Å². The number of aromatic hydroxyl groups is 1. The van der Waals surface area contributed by atoms with Crippen molar-refractivity contribution < 1.29 is 9.52 Å². The fourth-order valence-electron chi connectivity index (χ4n) is 2.98. The van der Waals surface area contributed by atoms with E-state index in [4.69, 9.17) is 4.42 Å². The summed E-state index contributed by atoms with van der Waals surface area (Å²) >= 11 is 0. The van der Waals surface area contributed by atoms with Gasteiger partial charge in [-0.15, -0.1) is 0 Å². The molecule has 0 bridgehead atoms. The third-order valence-electron chi connectivity index (χ3n) is 4.32. The molecule has 0 spiro atoms. The minimum atomic E-state index is 0.186. The summed E-state index contributed by atoms with van der Waals surface area (Å²) in [6, 6.07) is 28.3. The number of nitriles is 1. The minimum Gasteiger partial charge on any atom is -0.508 e. The lowest BCUT2D eigenvalue weighted by Gasteiger charge is -2.03. The van der Waals surface area contributed by atoms with Crippen LogP contribution in [-0.4, -0.2) is 11.3 Å². The van der Waals surface area contributed by atoms with E-state index in [2.05, 4.69) is 11.1 Å². The van der Waals surface area contributed by atoms with Crippen molar-refractivity contribution in [2.45, 2.75) is 0 Å². The molecule has 4 aromatic rings. The van der Waals surface area contributed by atoms with Gasteiger partial charge in [-0.2, -0.15) is 5.26 Å². The molecule has 1 aromatic heterocycles. The first-order valence-corrected chi connectivity index (χ1v) is 8.77. The Morgan fingerprint density at radius 1 is 0.821 bits per heavy atom. The first-order chi connectivity index (χ1) is 13.8. The van der Waals surface area contributed by atoms with Gasteiger partial charge in [-0.05, 0) is 35.4 Å². The largest absolute Gasteiger partial charge is 0.508 e. The zero-order valence-electron chi connectivity index (χ0n) is 14.9. The van der Waals surface area contributed by atoms with Crippen LogP contribution in [0.2, 0.25) is 0 Å².